The van der Waals surface area contributed by atoms with Crippen molar-refractivity contribution >= 4 is 5.57 Å². The number of rotatable bonds is 13. The van der Waals surface area contributed by atoms with E-state index in [1.54, 1.807) is 16.7 Å². The number of benzene rings is 1. The molecule has 0 aromatic heterocycles. The quantitative estimate of drug-likeness (QED) is 0.201. The molecule has 1 saturated carbocycles. The van der Waals surface area contributed by atoms with Crippen LogP contribution in [-0.2, 0) is 0 Å². The van der Waals surface area contributed by atoms with Crippen LogP contribution in [0.1, 0.15) is 142 Å². The third-order valence-electron chi connectivity index (χ3n) is 11.7. The van der Waals surface area contributed by atoms with Crippen molar-refractivity contribution in [3.05, 3.63) is 112 Å². The second-order valence-electron chi connectivity index (χ2n) is 15.3. The Morgan fingerprint density at radius 1 is 0.955 bits per heavy atom. The van der Waals surface area contributed by atoms with E-state index < -0.39 is 0 Å². The summed E-state index contributed by atoms with van der Waals surface area (Å²) in [5, 5.41) is 0. The highest BCUT2D eigenvalue weighted by Gasteiger charge is 2.40. The van der Waals surface area contributed by atoms with Gasteiger partial charge in [0.05, 0.1) is 0 Å². The van der Waals surface area contributed by atoms with Crippen molar-refractivity contribution in [2.45, 2.75) is 130 Å². The first-order valence-corrected chi connectivity index (χ1v) is 18.1. The van der Waals surface area contributed by atoms with Gasteiger partial charge in [0.1, 0.15) is 0 Å². The van der Waals surface area contributed by atoms with E-state index in [9.17, 15) is 0 Å². The SMILES string of the molecule is C=C(C)/C=C\C(=C/C)c1ccc([C@@H](CCC2CCC(CCC)C2)CC(=C)C2=CC3=CC4=C(CC[C@H](CC)C4)CC3(C)C2)cc1. The van der Waals surface area contributed by atoms with Crippen LogP contribution in [0.4, 0.5) is 0 Å². The van der Waals surface area contributed by atoms with Gasteiger partial charge in [-0.05, 0) is 129 Å². The topological polar surface area (TPSA) is 0 Å². The Labute approximate surface area is 270 Å². The minimum atomic E-state index is 0.269. The predicted molar refractivity (Wildman–Crippen MR) is 194 cm³/mol. The van der Waals surface area contributed by atoms with E-state index in [2.05, 4.69) is 95.8 Å². The molecule has 236 valence electrons. The third kappa shape index (κ3) is 7.78. The molecule has 5 atom stereocenters. The van der Waals surface area contributed by atoms with Crippen molar-refractivity contribution in [3.8, 4) is 0 Å². The highest BCUT2D eigenvalue weighted by molar-refractivity contribution is 5.74. The van der Waals surface area contributed by atoms with Gasteiger partial charge in [-0.3, -0.25) is 0 Å². The first kappa shape index (κ1) is 32.8. The molecule has 0 N–H and O–H groups in total. The lowest BCUT2D eigenvalue weighted by molar-refractivity contribution is 0.369. The van der Waals surface area contributed by atoms with Crippen molar-refractivity contribution in [1.29, 1.82) is 0 Å². The summed E-state index contributed by atoms with van der Waals surface area (Å²) >= 11 is 0. The summed E-state index contributed by atoms with van der Waals surface area (Å²) in [5.41, 5.74) is 13.3. The van der Waals surface area contributed by atoms with E-state index in [1.165, 1.54) is 111 Å². The summed E-state index contributed by atoms with van der Waals surface area (Å²) in [6.07, 6.45) is 30.2. The fraction of sp³-hybridized carbons (Fsp3) is 0.545. The van der Waals surface area contributed by atoms with E-state index in [0.717, 1.165) is 29.7 Å². The van der Waals surface area contributed by atoms with E-state index in [-0.39, 0.29) is 5.41 Å². The molecule has 0 spiro atoms. The van der Waals surface area contributed by atoms with Crippen molar-refractivity contribution < 1.29 is 0 Å². The average molecular weight is 589 g/mol. The minimum Gasteiger partial charge on any atom is -0.0961 e. The molecule has 4 aliphatic carbocycles. The van der Waals surface area contributed by atoms with Gasteiger partial charge < -0.3 is 0 Å². The lowest BCUT2D eigenvalue weighted by atomic mass is 9.68. The molecule has 0 radical (unpaired) electrons. The lowest BCUT2D eigenvalue weighted by Gasteiger charge is -2.37. The van der Waals surface area contributed by atoms with Crippen LogP contribution >= 0.6 is 0 Å². The highest BCUT2D eigenvalue weighted by Crippen LogP contribution is 2.54. The van der Waals surface area contributed by atoms with E-state index >= 15 is 0 Å². The molecule has 1 fully saturated rings. The molecule has 5 rings (SSSR count). The van der Waals surface area contributed by atoms with Crippen molar-refractivity contribution in [1.82, 2.24) is 0 Å². The molecule has 44 heavy (non-hydrogen) atoms. The molecule has 4 aliphatic rings. The van der Waals surface area contributed by atoms with Crippen molar-refractivity contribution in [2.75, 3.05) is 0 Å². The molecule has 1 aromatic rings. The predicted octanol–water partition coefficient (Wildman–Crippen LogP) is 13.4. The fourth-order valence-corrected chi connectivity index (χ4v) is 8.91. The Balaban J connectivity index is 1.32. The summed E-state index contributed by atoms with van der Waals surface area (Å²) in [4.78, 5) is 0. The average Bonchev–Trinajstić information content (AvgIpc) is 3.61. The maximum absolute atomic E-state index is 4.79. The maximum atomic E-state index is 4.79. The highest BCUT2D eigenvalue weighted by atomic mass is 14.4. The number of allylic oxidation sites excluding steroid dienone is 12. The normalized spacial score (nSPS) is 27.7. The number of hydrogen-bond donors (Lipinski definition) is 0. The molecule has 0 amide bonds. The molecular formula is C44H60. The van der Waals surface area contributed by atoms with Gasteiger partial charge in [-0.1, -0.05) is 137 Å². The van der Waals surface area contributed by atoms with Crippen LogP contribution in [0.3, 0.4) is 0 Å². The van der Waals surface area contributed by atoms with Crippen LogP contribution in [-0.4, -0.2) is 0 Å². The molecule has 0 saturated heterocycles. The molecule has 0 aliphatic heterocycles. The Hall–Kier alpha value is -2.60. The second-order valence-corrected chi connectivity index (χ2v) is 15.3. The third-order valence-corrected chi connectivity index (χ3v) is 11.7. The zero-order valence-corrected chi connectivity index (χ0v) is 28.8. The van der Waals surface area contributed by atoms with Gasteiger partial charge in [0.2, 0.25) is 0 Å². The van der Waals surface area contributed by atoms with Gasteiger partial charge >= 0.3 is 0 Å². The molecule has 1 aromatic carbocycles. The largest absolute Gasteiger partial charge is 0.0961 e. The first-order valence-electron chi connectivity index (χ1n) is 18.1. The molecule has 3 unspecified atom stereocenters. The van der Waals surface area contributed by atoms with Crippen LogP contribution in [0.5, 0.6) is 0 Å². The number of fused-ring (bicyclic) bond motifs is 1. The number of hydrogen-bond acceptors (Lipinski definition) is 0. The molecular weight excluding hydrogens is 528 g/mol. The van der Waals surface area contributed by atoms with E-state index in [0.29, 0.717) is 5.92 Å². The zero-order chi connectivity index (χ0) is 31.3. The maximum Gasteiger partial charge on any atom is 0.000267 e. The lowest BCUT2D eigenvalue weighted by Crippen LogP contribution is -2.23. The van der Waals surface area contributed by atoms with E-state index in [4.69, 9.17) is 6.58 Å². The molecule has 0 nitrogen and oxygen atoms in total. The van der Waals surface area contributed by atoms with Crippen LogP contribution in [0, 0.1) is 23.2 Å². The monoisotopic (exact) mass is 588 g/mol. The molecule has 0 bridgehead atoms. The zero-order valence-electron chi connectivity index (χ0n) is 28.8. The first-order chi connectivity index (χ1) is 21.2. The van der Waals surface area contributed by atoms with Crippen LogP contribution in [0.25, 0.3) is 5.57 Å². The second kappa shape index (κ2) is 14.7. The Bertz CT molecular complexity index is 1350. The minimum absolute atomic E-state index is 0.269. The summed E-state index contributed by atoms with van der Waals surface area (Å²) in [6, 6.07) is 9.50. The van der Waals surface area contributed by atoms with Gasteiger partial charge in [-0.25, -0.2) is 0 Å². The Morgan fingerprint density at radius 2 is 1.70 bits per heavy atom. The summed E-state index contributed by atoms with van der Waals surface area (Å²) in [5.74, 6) is 3.29. The van der Waals surface area contributed by atoms with Crippen molar-refractivity contribution in [2.24, 2.45) is 23.2 Å². The van der Waals surface area contributed by atoms with Crippen LogP contribution in [0.15, 0.2) is 101 Å². The van der Waals surface area contributed by atoms with Crippen LogP contribution < -0.4 is 0 Å². The van der Waals surface area contributed by atoms with Gasteiger partial charge in [-0.2, -0.15) is 0 Å². The molecule has 0 heterocycles. The standard InChI is InChI=1S/C44H60/c1-8-11-34-13-14-35(25-34)16-18-39(38-22-20-37(21-23-38)36(10-3)17-12-31(4)5)24-32(6)42-28-43-27-41-26-33(9-2)15-19-40(41)29-44(43,7)30-42/h10,12,17,20-23,27-28,33-35,39H,4,6,8-9,11,13-16,18-19,24-26,29-30H2,1-3,5,7H3/b17-12-,36-10+/t33-,34?,35?,39-,44?/m0/s1. The van der Waals surface area contributed by atoms with Gasteiger partial charge in [-0.15, -0.1) is 0 Å². The summed E-state index contributed by atoms with van der Waals surface area (Å²) in [6.45, 7) is 20.3. The Kier molecular flexibility index (Phi) is 10.9. The summed E-state index contributed by atoms with van der Waals surface area (Å²) < 4.78 is 0. The van der Waals surface area contributed by atoms with Crippen LogP contribution in [0.2, 0.25) is 0 Å². The van der Waals surface area contributed by atoms with Gasteiger partial charge in [0.15, 0.2) is 0 Å². The smallest absolute Gasteiger partial charge is 0.000267 e. The van der Waals surface area contributed by atoms with E-state index in [1.807, 2.05) is 0 Å². The summed E-state index contributed by atoms with van der Waals surface area (Å²) in [7, 11) is 0. The van der Waals surface area contributed by atoms with Gasteiger partial charge in [0.25, 0.3) is 0 Å². The fourth-order valence-electron chi connectivity index (χ4n) is 8.91. The Morgan fingerprint density at radius 3 is 2.39 bits per heavy atom. The van der Waals surface area contributed by atoms with Crippen molar-refractivity contribution in [3.63, 3.8) is 0 Å². The molecule has 0 heteroatoms. The van der Waals surface area contributed by atoms with Gasteiger partial charge in [0, 0.05) is 5.41 Å².